The summed E-state index contributed by atoms with van der Waals surface area (Å²) in [6.07, 6.45) is 0. The van der Waals surface area contributed by atoms with Crippen LogP contribution in [0, 0.1) is 5.82 Å². The van der Waals surface area contributed by atoms with Crippen LogP contribution in [0.2, 0.25) is 0 Å². The van der Waals surface area contributed by atoms with Crippen molar-refractivity contribution >= 4 is 33.8 Å². The zero-order valence-corrected chi connectivity index (χ0v) is 17.3. The van der Waals surface area contributed by atoms with E-state index in [2.05, 4.69) is 0 Å². The average molecular weight is 407 g/mol. The molecule has 0 amide bonds. The van der Waals surface area contributed by atoms with Gasteiger partial charge >= 0.3 is 5.97 Å². The molecule has 0 saturated carbocycles. The SMILES string of the molecule is CCOC(=O)c1ccc2nc(-c3cc4cc(F)ccc4o3)c(N(C)C(C)C)nc2c1. The lowest BCUT2D eigenvalue weighted by Gasteiger charge is -2.24. The van der Waals surface area contributed by atoms with E-state index < -0.39 is 5.97 Å². The number of carbonyl (C=O) groups is 1. The lowest BCUT2D eigenvalue weighted by molar-refractivity contribution is 0.0526. The van der Waals surface area contributed by atoms with Gasteiger partial charge in [-0.15, -0.1) is 0 Å². The smallest absolute Gasteiger partial charge is 0.338 e. The van der Waals surface area contributed by atoms with Gasteiger partial charge in [0.25, 0.3) is 0 Å². The van der Waals surface area contributed by atoms with Gasteiger partial charge in [0, 0.05) is 18.5 Å². The van der Waals surface area contributed by atoms with Crippen molar-refractivity contribution in [3.8, 4) is 11.5 Å². The molecule has 0 atom stereocenters. The molecule has 6 nitrogen and oxygen atoms in total. The van der Waals surface area contributed by atoms with E-state index in [4.69, 9.17) is 19.1 Å². The number of benzene rings is 2. The van der Waals surface area contributed by atoms with Gasteiger partial charge in [0.1, 0.15) is 17.1 Å². The lowest BCUT2D eigenvalue weighted by atomic mass is 10.1. The summed E-state index contributed by atoms with van der Waals surface area (Å²) in [5, 5.41) is 0.655. The van der Waals surface area contributed by atoms with Crippen molar-refractivity contribution in [3.05, 3.63) is 53.8 Å². The number of carbonyl (C=O) groups excluding carboxylic acids is 1. The highest BCUT2D eigenvalue weighted by Crippen LogP contribution is 2.34. The second-order valence-corrected chi connectivity index (χ2v) is 7.32. The van der Waals surface area contributed by atoms with Crippen LogP contribution in [0.5, 0.6) is 0 Å². The normalized spacial score (nSPS) is 11.4. The molecule has 2 aromatic heterocycles. The first-order valence-electron chi connectivity index (χ1n) is 9.78. The Hall–Kier alpha value is -3.48. The summed E-state index contributed by atoms with van der Waals surface area (Å²) in [4.78, 5) is 23.6. The summed E-state index contributed by atoms with van der Waals surface area (Å²) in [7, 11) is 1.92. The summed E-state index contributed by atoms with van der Waals surface area (Å²) in [5.41, 5.74) is 2.74. The Balaban J connectivity index is 1.91. The van der Waals surface area contributed by atoms with Crippen molar-refractivity contribution in [2.45, 2.75) is 26.8 Å². The molecule has 0 fully saturated rings. The minimum absolute atomic E-state index is 0.144. The van der Waals surface area contributed by atoms with E-state index >= 15 is 0 Å². The number of halogens is 1. The number of furan rings is 1. The Morgan fingerprint density at radius 1 is 1.13 bits per heavy atom. The molecule has 0 aliphatic carbocycles. The number of hydrogen-bond acceptors (Lipinski definition) is 6. The maximum atomic E-state index is 13.6. The zero-order chi connectivity index (χ0) is 21.4. The first-order valence-corrected chi connectivity index (χ1v) is 9.78. The Morgan fingerprint density at radius 3 is 2.67 bits per heavy atom. The van der Waals surface area contributed by atoms with Crippen molar-refractivity contribution in [3.63, 3.8) is 0 Å². The summed E-state index contributed by atoms with van der Waals surface area (Å²) in [5.74, 6) is 0.383. The molecule has 0 aliphatic rings. The molecule has 7 heteroatoms. The summed E-state index contributed by atoms with van der Waals surface area (Å²) >= 11 is 0. The third kappa shape index (κ3) is 3.58. The first kappa shape index (κ1) is 19.8. The zero-order valence-electron chi connectivity index (χ0n) is 17.3. The number of esters is 1. The van der Waals surface area contributed by atoms with Crippen LogP contribution in [-0.2, 0) is 4.74 Å². The molecule has 0 spiro atoms. The number of fused-ring (bicyclic) bond motifs is 2. The number of nitrogens with zero attached hydrogens (tertiary/aromatic N) is 3. The van der Waals surface area contributed by atoms with Crippen molar-refractivity contribution in [1.82, 2.24) is 9.97 Å². The maximum absolute atomic E-state index is 13.6. The van der Waals surface area contributed by atoms with Gasteiger partial charge in [-0.05, 0) is 63.2 Å². The third-order valence-corrected chi connectivity index (χ3v) is 4.98. The molecule has 0 bridgehead atoms. The van der Waals surface area contributed by atoms with Crippen molar-refractivity contribution in [1.29, 1.82) is 0 Å². The summed E-state index contributed by atoms with van der Waals surface area (Å²) in [6.45, 7) is 6.15. The molecule has 0 aliphatic heterocycles. The fourth-order valence-corrected chi connectivity index (χ4v) is 3.17. The second kappa shape index (κ2) is 7.74. The highest BCUT2D eigenvalue weighted by atomic mass is 19.1. The number of rotatable bonds is 5. The Kier molecular flexibility index (Phi) is 5.11. The van der Waals surface area contributed by atoms with E-state index in [-0.39, 0.29) is 11.9 Å². The van der Waals surface area contributed by atoms with Gasteiger partial charge < -0.3 is 14.1 Å². The molecule has 0 saturated heterocycles. The van der Waals surface area contributed by atoms with E-state index in [9.17, 15) is 9.18 Å². The fourth-order valence-electron chi connectivity index (χ4n) is 3.17. The standard InChI is InChI=1S/C23H22FN3O3/c1-5-29-23(28)14-6-8-17-18(11-14)26-22(27(4)13(2)3)21(25-17)20-12-15-10-16(24)7-9-19(15)30-20/h6-13H,5H2,1-4H3. The Bertz CT molecular complexity index is 1250. The minimum atomic E-state index is -0.400. The van der Waals surface area contributed by atoms with Crippen LogP contribution in [0.15, 0.2) is 46.9 Å². The van der Waals surface area contributed by atoms with Gasteiger partial charge in [0.05, 0.1) is 23.2 Å². The molecular weight excluding hydrogens is 385 g/mol. The molecular formula is C23H22FN3O3. The van der Waals surface area contributed by atoms with Crippen LogP contribution in [0.4, 0.5) is 10.2 Å². The van der Waals surface area contributed by atoms with Crippen LogP contribution in [-0.4, -0.2) is 35.6 Å². The van der Waals surface area contributed by atoms with Crippen LogP contribution in [0.25, 0.3) is 33.5 Å². The predicted molar refractivity (Wildman–Crippen MR) is 114 cm³/mol. The third-order valence-electron chi connectivity index (χ3n) is 4.98. The van der Waals surface area contributed by atoms with Crippen LogP contribution in [0.3, 0.4) is 0 Å². The molecule has 4 rings (SSSR count). The van der Waals surface area contributed by atoms with Gasteiger partial charge in [0.2, 0.25) is 0 Å². The van der Waals surface area contributed by atoms with Crippen molar-refractivity contribution in [2.75, 3.05) is 18.6 Å². The van der Waals surface area contributed by atoms with Gasteiger partial charge in [-0.1, -0.05) is 0 Å². The largest absolute Gasteiger partial charge is 0.462 e. The quantitative estimate of drug-likeness (QED) is 0.424. The van der Waals surface area contributed by atoms with E-state index in [1.807, 2.05) is 25.8 Å². The first-order chi connectivity index (χ1) is 14.4. The Labute approximate surface area is 173 Å². The predicted octanol–water partition coefficient (Wildman–Crippen LogP) is 5.20. The molecule has 0 unspecified atom stereocenters. The number of aromatic nitrogens is 2. The van der Waals surface area contributed by atoms with E-state index in [1.54, 1.807) is 37.3 Å². The van der Waals surface area contributed by atoms with Gasteiger partial charge in [-0.25, -0.2) is 19.2 Å². The number of anilines is 1. The highest BCUT2D eigenvalue weighted by Gasteiger charge is 2.21. The van der Waals surface area contributed by atoms with Gasteiger partial charge in [-0.2, -0.15) is 0 Å². The average Bonchev–Trinajstić information content (AvgIpc) is 3.14. The van der Waals surface area contributed by atoms with Crippen LogP contribution >= 0.6 is 0 Å². The van der Waals surface area contributed by atoms with E-state index in [0.29, 0.717) is 51.4 Å². The monoisotopic (exact) mass is 407 g/mol. The Morgan fingerprint density at radius 2 is 1.93 bits per heavy atom. The van der Waals surface area contributed by atoms with Crippen molar-refractivity contribution < 1.29 is 18.3 Å². The number of ether oxygens (including phenoxy) is 1. The second-order valence-electron chi connectivity index (χ2n) is 7.32. The molecule has 0 radical (unpaired) electrons. The molecule has 2 aromatic carbocycles. The minimum Gasteiger partial charge on any atom is -0.462 e. The maximum Gasteiger partial charge on any atom is 0.338 e. The summed E-state index contributed by atoms with van der Waals surface area (Å²) < 4.78 is 24.7. The summed E-state index contributed by atoms with van der Waals surface area (Å²) in [6, 6.07) is 11.4. The van der Waals surface area contributed by atoms with Gasteiger partial charge in [0.15, 0.2) is 11.6 Å². The van der Waals surface area contributed by atoms with E-state index in [0.717, 1.165) is 0 Å². The fraction of sp³-hybridized carbons (Fsp3) is 0.261. The molecule has 154 valence electrons. The van der Waals surface area contributed by atoms with Gasteiger partial charge in [-0.3, -0.25) is 0 Å². The molecule has 4 aromatic rings. The lowest BCUT2D eigenvalue weighted by Crippen LogP contribution is -2.27. The highest BCUT2D eigenvalue weighted by molar-refractivity contribution is 5.95. The topological polar surface area (TPSA) is 68.5 Å². The molecule has 2 heterocycles. The van der Waals surface area contributed by atoms with E-state index in [1.165, 1.54) is 12.1 Å². The van der Waals surface area contributed by atoms with Crippen molar-refractivity contribution in [2.24, 2.45) is 0 Å². The van der Waals surface area contributed by atoms with Crippen LogP contribution < -0.4 is 4.90 Å². The number of hydrogen-bond donors (Lipinski definition) is 0. The molecule has 0 N–H and O–H groups in total. The molecule has 30 heavy (non-hydrogen) atoms. The van der Waals surface area contributed by atoms with Crippen LogP contribution in [0.1, 0.15) is 31.1 Å².